The maximum atomic E-state index is 6.36. The highest BCUT2D eigenvalue weighted by Gasteiger charge is 2.47. The van der Waals surface area contributed by atoms with Crippen molar-refractivity contribution in [2.24, 2.45) is 0 Å². The number of hydrogen-bond donors (Lipinski definition) is 0. The van der Waals surface area contributed by atoms with Crippen LogP contribution in [0.5, 0.6) is 0 Å². The molecule has 0 bridgehead atoms. The quantitative estimate of drug-likeness (QED) is 0.167. The molecule has 0 radical (unpaired) electrons. The van der Waals surface area contributed by atoms with E-state index in [-0.39, 0.29) is 10.8 Å². The number of fused-ring (bicyclic) bond motifs is 13. The molecule has 0 unspecified atom stereocenters. The Kier molecular flexibility index (Phi) is 7.67. The van der Waals surface area contributed by atoms with Crippen LogP contribution in [-0.2, 0) is 10.8 Å². The van der Waals surface area contributed by atoms with Gasteiger partial charge in [0.1, 0.15) is 22.3 Å². The lowest BCUT2D eigenvalue weighted by atomic mass is 9.76. The van der Waals surface area contributed by atoms with Crippen LogP contribution in [0.2, 0.25) is 0 Å². The van der Waals surface area contributed by atoms with Gasteiger partial charge in [-0.2, -0.15) is 0 Å². The summed E-state index contributed by atoms with van der Waals surface area (Å²) < 4.78 is 12.6. The number of rotatable bonds is 6. The molecular weight excluding hydrogens is 781 g/mol. The zero-order valence-electron chi connectivity index (χ0n) is 36.2. The van der Waals surface area contributed by atoms with E-state index in [1.54, 1.807) is 0 Å². The number of hydrogen-bond acceptors (Lipinski definition) is 4. The average Bonchev–Trinajstić information content (AvgIpc) is 4.02. The summed E-state index contributed by atoms with van der Waals surface area (Å²) in [5, 5.41) is 4.45. The van der Waals surface area contributed by atoms with E-state index < -0.39 is 0 Å². The van der Waals surface area contributed by atoms with Crippen LogP contribution >= 0.6 is 0 Å². The van der Waals surface area contributed by atoms with Crippen molar-refractivity contribution in [3.8, 4) is 22.3 Å². The van der Waals surface area contributed by atoms with E-state index in [9.17, 15) is 0 Å². The molecule has 4 heteroatoms. The molecule has 2 aliphatic carbocycles. The second-order valence-corrected chi connectivity index (χ2v) is 18.5. The van der Waals surface area contributed by atoms with Crippen molar-refractivity contribution in [2.75, 3.05) is 9.80 Å². The van der Waals surface area contributed by atoms with Gasteiger partial charge in [0.25, 0.3) is 0 Å². The highest BCUT2D eigenvalue weighted by molar-refractivity contribution is 6.09. The van der Waals surface area contributed by atoms with Crippen LogP contribution in [0.25, 0.3) is 66.1 Å². The molecule has 0 saturated carbocycles. The van der Waals surface area contributed by atoms with E-state index in [1.165, 1.54) is 50.2 Å². The molecule has 0 fully saturated rings. The number of anilines is 6. The minimum absolute atomic E-state index is 0.270. The summed E-state index contributed by atoms with van der Waals surface area (Å²) in [6.07, 6.45) is 0. The van der Waals surface area contributed by atoms with Crippen molar-refractivity contribution < 1.29 is 8.83 Å². The third-order valence-corrected chi connectivity index (χ3v) is 14.2. The largest absolute Gasteiger partial charge is 0.456 e. The fourth-order valence-electron chi connectivity index (χ4n) is 11.2. The summed E-state index contributed by atoms with van der Waals surface area (Å²) in [5.41, 5.74) is 20.3. The average molecular weight is 825 g/mol. The first-order valence-electron chi connectivity index (χ1n) is 22.3. The maximum Gasteiger partial charge on any atom is 0.135 e. The van der Waals surface area contributed by atoms with E-state index in [2.05, 4.69) is 213 Å². The molecule has 11 aromatic rings. The predicted molar refractivity (Wildman–Crippen MR) is 265 cm³/mol. The first-order valence-corrected chi connectivity index (χ1v) is 22.3. The van der Waals surface area contributed by atoms with Gasteiger partial charge in [0.15, 0.2) is 0 Å². The van der Waals surface area contributed by atoms with Crippen molar-refractivity contribution in [1.82, 2.24) is 0 Å². The van der Waals surface area contributed by atoms with Gasteiger partial charge in [-0.25, -0.2) is 0 Å². The molecule has 13 rings (SSSR count). The van der Waals surface area contributed by atoms with E-state index in [0.717, 1.165) is 72.3 Å². The summed E-state index contributed by atoms with van der Waals surface area (Å²) in [6.45, 7) is 9.68. The molecular formula is C60H44N2O2. The molecule has 2 aromatic heterocycles. The Morgan fingerprint density at radius 2 is 0.812 bits per heavy atom. The van der Waals surface area contributed by atoms with Gasteiger partial charge in [0.05, 0.1) is 5.69 Å². The predicted octanol–water partition coefficient (Wildman–Crippen LogP) is 17.0. The lowest BCUT2D eigenvalue weighted by molar-refractivity contribution is 0.647. The molecule has 9 aromatic carbocycles. The molecule has 0 N–H and O–H groups in total. The van der Waals surface area contributed by atoms with Crippen LogP contribution in [0.3, 0.4) is 0 Å². The van der Waals surface area contributed by atoms with E-state index in [0.29, 0.717) is 0 Å². The molecule has 4 nitrogen and oxygen atoms in total. The number of nitrogens with zero attached hydrogens (tertiary/aromatic N) is 2. The van der Waals surface area contributed by atoms with Gasteiger partial charge >= 0.3 is 0 Å². The molecule has 0 spiro atoms. The molecule has 0 amide bonds. The highest BCUT2D eigenvalue weighted by atomic mass is 16.3. The first-order chi connectivity index (χ1) is 31.3. The van der Waals surface area contributed by atoms with Crippen LogP contribution in [0.1, 0.15) is 49.9 Å². The second-order valence-electron chi connectivity index (χ2n) is 18.5. The Morgan fingerprint density at radius 1 is 0.328 bits per heavy atom. The third-order valence-electron chi connectivity index (χ3n) is 14.2. The maximum absolute atomic E-state index is 6.36. The van der Waals surface area contributed by atoms with Gasteiger partial charge in [-0.1, -0.05) is 131 Å². The lowest BCUT2D eigenvalue weighted by Gasteiger charge is -2.32. The fraction of sp³-hybridized carbons (Fsp3) is 0.100. The standard InChI is InChI=1S/C60H44N2O2/c1-59(2)49-35-41(61(37-17-7-5-8-18-37)39-28-31-54-46(33-39)42-21-12-15-25-52(42)63-54)27-30-45(49)56-50(59)36-51(57-44-23-11-14-24-48(44)60(3,4)58(56)57)62(38-19-9-6-10-20-38)40-29-32-55-47(34-40)43-22-13-16-26-53(43)64-55/h5-36H,1-4H3. The topological polar surface area (TPSA) is 32.8 Å². The Balaban J connectivity index is 1.05. The van der Waals surface area contributed by atoms with Gasteiger partial charge < -0.3 is 18.6 Å². The second kappa shape index (κ2) is 13.3. The van der Waals surface area contributed by atoms with E-state index in [4.69, 9.17) is 8.83 Å². The third kappa shape index (κ3) is 5.17. The van der Waals surface area contributed by atoms with Gasteiger partial charge in [-0.05, 0) is 130 Å². The van der Waals surface area contributed by atoms with Gasteiger partial charge in [-0.15, -0.1) is 0 Å². The lowest BCUT2D eigenvalue weighted by Crippen LogP contribution is -2.20. The molecule has 306 valence electrons. The van der Waals surface area contributed by atoms with Crippen molar-refractivity contribution in [2.45, 2.75) is 38.5 Å². The van der Waals surface area contributed by atoms with Crippen molar-refractivity contribution in [3.63, 3.8) is 0 Å². The molecule has 0 atom stereocenters. The Hall–Kier alpha value is -7.82. The summed E-state index contributed by atoms with van der Waals surface area (Å²) >= 11 is 0. The monoisotopic (exact) mass is 824 g/mol. The highest BCUT2D eigenvalue weighted by Crippen LogP contribution is 2.63. The Labute approximate surface area is 372 Å². The van der Waals surface area contributed by atoms with Crippen LogP contribution in [0, 0.1) is 0 Å². The summed E-state index contributed by atoms with van der Waals surface area (Å²) in [5.74, 6) is 0. The van der Waals surface area contributed by atoms with E-state index in [1.807, 2.05) is 18.2 Å². The first kappa shape index (κ1) is 36.8. The van der Waals surface area contributed by atoms with Crippen molar-refractivity contribution in [3.05, 3.63) is 216 Å². The molecule has 2 heterocycles. The molecule has 2 aliphatic rings. The van der Waals surface area contributed by atoms with Crippen LogP contribution in [-0.4, -0.2) is 0 Å². The Bertz CT molecular complexity index is 3690. The minimum Gasteiger partial charge on any atom is -0.456 e. The SMILES string of the molecule is CC1(C)c2cc(N(c3ccccc3)c3ccc4oc5ccccc5c4c3)ccc2-c2c1cc(N(c1ccccc1)c1ccc3oc4ccccc4c3c1)c1c2C(C)(C)c2ccccc2-1. The fourth-order valence-corrected chi connectivity index (χ4v) is 11.2. The number of benzene rings is 9. The smallest absolute Gasteiger partial charge is 0.135 e. The zero-order valence-corrected chi connectivity index (χ0v) is 36.2. The van der Waals surface area contributed by atoms with Crippen molar-refractivity contribution >= 4 is 78.0 Å². The normalized spacial score (nSPS) is 14.2. The summed E-state index contributed by atoms with van der Waals surface area (Å²) in [7, 11) is 0. The summed E-state index contributed by atoms with van der Waals surface area (Å²) in [6, 6.07) is 70.3. The van der Waals surface area contributed by atoms with Crippen LogP contribution in [0.15, 0.2) is 203 Å². The molecule has 0 saturated heterocycles. The zero-order chi connectivity index (χ0) is 42.9. The number of para-hydroxylation sites is 4. The molecule has 64 heavy (non-hydrogen) atoms. The minimum atomic E-state index is -0.338. The summed E-state index contributed by atoms with van der Waals surface area (Å²) in [4.78, 5) is 4.87. The van der Waals surface area contributed by atoms with Gasteiger partial charge in [-0.3, -0.25) is 0 Å². The Morgan fingerprint density at radius 3 is 1.45 bits per heavy atom. The molecule has 0 aliphatic heterocycles. The van der Waals surface area contributed by atoms with Gasteiger partial charge in [0, 0.05) is 66.4 Å². The van der Waals surface area contributed by atoms with Crippen LogP contribution in [0.4, 0.5) is 34.1 Å². The van der Waals surface area contributed by atoms with Crippen LogP contribution < -0.4 is 9.80 Å². The van der Waals surface area contributed by atoms with Crippen molar-refractivity contribution in [1.29, 1.82) is 0 Å². The van der Waals surface area contributed by atoms with Gasteiger partial charge in [0.2, 0.25) is 0 Å². The number of furan rings is 2. The van der Waals surface area contributed by atoms with E-state index >= 15 is 0 Å².